The highest BCUT2D eigenvalue weighted by Crippen LogP contribution is 2.21. The molecule has 1 aliphatic heterocycles. The van der Waals surface area contributed by atoms with E-state index < -0.39 is 11.9 Å². The van der Waals surface area contributed by atoms with Crippen molar-refractivity contribution >= 4 is 11.5 Å². The Kier molecular flexibility index (Phi) is 5.20. The summed E-state index contributed by atoms with van der Waals surface area (Å²) in [6.07, 6.45) is 2.71. The molecule has 0 saturated carbocycles. The van der Waals surface area contributed by atoms with Crippen LogP contribution in [-0.4, -0.2) is 44.2 Å². The van der Waals surface area contributed by atoms with Crippen LogP contribution in [0.25, 0.3) is 5.57 Å². The Morgan fingerprint density at radius 3 is 3.05 bits per heavy atom. The van der Waals surface area contributed by atoms with Gasteiger partial charge in [-0.25, -0.2) is 4.98 Å². The minimum absolute atomic E-state index is 0.0805. The van der Waals surface area contributed by atoms with Crippen molar-refractivity contribution < 1.29 is 13.9 Å². The smallest absolute Gasteiger partial charge is 0.270 e. The van der Waals surface area contributed by atoms with Gasteiger partial charge in [0, 0.05) is 25.8 Å². The summed E-state index contributed by atoms with van der Waals surface area (Å²) in [4.78, 5) is 15.5. The van der Waals surface area contributed by atoms with Crippen molar-refractivity contribution in [3.8, 4) is 0 Å². The van der Waals surface area contributed by atoms with Gasteiger partial charge in [0.05, 0.1) is 6.61 Å². The second-order valence-corrected chi connectivity index (χ2v) is 4.47. The minimum atomic E-state index is -0.599. The predicted octanol–water partition coefficient (Wildman–Crippen LogP) is 0.974. The van der Waals surface area contributed by atoms with Crippen molar-refractivity contribution in [1.82, 2.24) is 15.6 Å². The van der Waals surface area contributed by atoms with Crippen LogP contribution in [-0.2, 0) is 4.74 Å². The number of hydrogen-bond acceptors (Lipinski definition) is 4. The number of halogens is 1. The first-order valence-corrected chi connectivity index (χ1v) is 6.56. The van der Waals surface area contributed by atoms with E-state index in [0.29, 0.717) is 18.7 Å². The summed E-state index contributed by atoms with van der Waals surface area (Å²) in [5.74, 6) is -0.996. The summed E-state index contributed by atoms with van der Waals surface area (Å²) in [7, 11) is 1.55. The summed E-state index contributed by atoms with van der Waals surface area (Å²) >= 11 is 0. The van der Waals surface area contributed by atoms with Gasteiger partial charge in [0.1, 0.15) is 5.69 Å². The molecule has 0 saturated heterocycles. The standard InChI is InChI=1S/C14H18FN3O2/c1-20-9-8-17-14(19)12-3-2-11(13(15)18-12)10-4-6-16-7-5-10/h2-4,16H,5-9H2,1H3,(H,17,19). The van der Waals surface area contributed by atoms with Crippen LogP contribution < -0.4 is 10.6 Å². The summed E-state index contributed by atoms with van der Waals surface area (Å²) < 4.78 is 18.8. The lowest BCUT2D eigenvalue weighted by Crippen LogP contribution is -2.28. The Labute approximate surface area is 117 Å². The summed E-state index contributed by atoms with van der Waals surface area (Å²) in [5.41, 5.74) is 1.48. The van der Waals surface area contributed by atoms with Gasteiger partial charge in [0.25, 0.3) is 5.91 Å². The maximum absolute atomic E-state index is 14.0. The lowest BCUT2D eigenvalue weighted by molar-refractivity contribution is 0.0931. The first-order valence-electron chi connectivity index (χ1n) is 6.56. The van der Waals surface area contributed by atoms with Crippen LogP contribution >= 0.6 is 0 Å². The van der Waals surface area contributed by atoms with Gasteiger partial charge in [0.2, 0.25) is 5.95 Å². The van der Waals surface area contributed by atoms with E-state index >= 15 is 0 Å². The number of carbonyl (C=O) groups excluding carboxylic acids is 1. The number of ether oxygens (including phenoxy) is 1. The number of hydrogen-bond donors (Lipinski definition) is 2. The fourth-order valence-electron chi connectivity index (χ4n) is 2.02. The van der Waals surface area contributed by atoms with Crippen molar-refractivity contribution in [2.45, 2.75) is 6.42 Å². The number of nitrogens with one attached hydrogen (secondary N) is 2. The molecule has 0 atom stereocenters. The minimum Gasteiger partial charge on any atom is -0.383 e. The summed E-state index contributed by atoms with van der Waals surface area (Å²) in [5, 5.41) is 5.78. The van der Waals surface area contributed by atoms with E-state index in [9.17, 15) is 9.18 Å². The monoisotopic (exact) mass is 279 g/mol. The molecule has 2 heterocycles. The van der Waals surface area contributed by atoms with Gasteiger partial charge in [-0.1, -0.05) is 6.08 Å². The third-order valence-corrected chi connectivity index (χ3v) is 3.08. The SMILES string of the molecule is COCCNC(=O)c1ccc(C2=CCNCC2)c(F)n1. The highest BCUT2D eigenvalue weighted by atomic mass is 19.1. The van der Waals surface area contributed by atoms with E-state index in [2.05, 4.69) is 15.6 Å². The van der Waals surface area contributed by atoms with Crippen LogP contribution in [0, 0.1) is 5.95 Å². The third-order valence-electron chi connectivity index (χ3n) is 3.08. The van der Waals surface area contributed by atoms with Gasteiger partial charge >= 0.3 is 0 Å². The molecule has 1 amide bonds. The maximum Gasteiger partial charge on any atom is 0.270 e. The molecule has 0 aliphatic carbocycles. The molecule has 0 aromatic carbocycles. The molecule has 0 unspecified atom stereocenters. The largest absolute Gasteiger partial charge is 0.383 e. The van der Waals surface area contributed by atoms with Gasteiger partial charge in [0.15, 0.2) is 0 Å². The van der Waals surface area contributed by atoms with Gasteiger partial charge in [-0.15, -0.1) is 0 Å². The molecule has 2 rings (SSSR count). The second kappa shape index (κ2) is 7.12. The predicted molar refractivity (Wildman–Crippen MR) is 73.9 cm³/mol. The average Bonchev–Trinajstić information content (AvgIpc) is 2.48. The van der Waals surface area contributed by atoms with Crippen LogP contribution in [0.15, 0.2) is 18.2 Å². The number of rotatable bonds is 5. The first-order chi connectivity index (χ1) is 9.72. The quantitative estimate of drug-likeness (QED) is 0.623. The Bertz CT molecular complexity index is 517. The van der Waals surface area contributed by atoms with Gasteiger partial charge < -0.3 is 15.4 Å². The van der Waals surface area contributed by atoms with Gasteiger partial charge in [-0.05, 0) is 30.7 Å². The van der Waals surface area contributed by atoms with E-state index in [1.807, 2.05) is 6.08 Å². The zero-order valence-corrected chi connectivity index (χ0v) is 11.4. The van der Waals surface area contributed by atoms with Crippen molar-refractivity contribution in [2.75, 3.05) is 33.4 Å². The van der Waals surface area contributed by atoms with Crippen LogP contribution in [0.2, 0.25) is 0 Å². The van der Waals surface area contributed by atoms with Crippen molar-refractivity contribution in [2.24, 2.45) is 0 Å². The van der Waals surface area contributed by atoms with E-state index in [-0.39, 0.29) is 5.69 Å². The topological polar surface area (TPSA) is 63.2 Å². The van der Waals surface area contributed by atoms with E-state index in [0.717, 1.165) is 25.1 Å². The van der Waals surface area contributed by atoms with Crippen molar-refractivity contribution in [3.05, 3.63) is 35.4 Å². The Hall–Kier alpha value is -1.79. The summed E-state index contributed by atoms with van der Waals surface area (Å²) in [6.45, 7) is 2.34. The van der Waals surface area contributed by atoms with Crippen LogP contribution in [0.4, 0.5) is 4.39 Å². The zero-order valence-electron chi connectivity index (χ0n) is 11.4. The highest BCUT2D eigenvalue weighted by molar-refractivity contribution is 5.92. The molecule has 0 fully saturated rings. The maximum atomic E-state index is 14.0. The number of amides is 1. The fraction of sp³-hybridized carbons (Fsp3) is 0.429. The molecule has 0 bridgehead atoms. The van der Waals surface area contributed by atoms with Crippen LogP contribution in [0.3, 0.4) is 0 Å². The normalized spacial score (nSPS) is 14.8. The molecule has 1 aromatic heterocycles. The van der Waals surface area contributed by atoms with Gasteiger partial charge in [-0.3, -0.25) is 4.79 Å². The zero-order chi connectivity index (χ0) is 14.4. The third kappa shape index (κ3) is 3.61. The molecule has 0 radical (unpaired) electrons. The molecule has 1 aromatic rings. The van der Waals surface area contributed by atoms with Crippen molar-refractivity contribution in [3.63, 3.8) is 0 Å². The molecule has 6 heteroatoms. The van der Waals surface area contributed by atoms with E-state index in [1.54, 1.807) is 19.2 Å². The van der Waals surface area contributed by atoms with E-state index in [4.69, 9.17) is 4.74 Å². The van der Waals surface area contributed by atoms with Crippen molar-refractivity contribution in [1.29, 1.82) is 0 Å². The molecule has 0 spiro atoms. The van der Waals surface area contributed by atoms with Gasteiger partial charge in [-0.2, -0.15) is 4.39 Å². The second-order valence-electron chi connectivity index (χ2n) is 4.47. The first kappa shape index (κ1) is 14.6. The molecular formula is C14H18FN3O2. The molecule has 2 N–H and O–H groups in total. The molecule has 20 heavy (non-hydrogen) atoms. The number of pyridine rings is 1. The highest BCUT2D eigenvalue weighted by Gasteiger charge is 2.15. The molecule has 108 valence electrons. The van der Waals surface area contributed by atoms with Crippen LogP contribution in [0.5, 0.6) is 0 Å². The lowest BCUT2D eigenvalue weighted by Gasteiger charge is -2.14. The van der Waals surface area contributed by atoms with Crippen LogP contribution in [0.1, 0.15) is 22.5 Å². The Morgan fingerprint density at radius 2 is 2.40 bits per heavy atom. The number of aromatic nitrogens is 1. The Balaban J connectivity index is 2.09. The lowest BCUT2D eigenvalue weighted by atomic mass is 10.0. The number of methoxy groups -OCH3 is 1. The van der Waals surface area contributed by atoms with E-state index in [1.165, 1.54) is 0 Å². The molecular weight excluding hydrogens is 261 g/mol. The molecule has 1 aliphatic rings. The summed E-state index contributed by atoms with van der Waals surface area (Å²) in [6, 6.07) is 3.16. The number of carbonyl (C=O) groups is 1. The molecule has 5 nitrogen and oxygen atoms in total. The fourth-order valence-corrected chi connectivity index (χ4v) is 2.02. The average molecular weight is 279 g/mol. The number of nitrogens with zero attached hydrogens (tertiary/aromatic N) is 1. The Morgan fingerprint density at radius 1 is 1.55 bits per heavy atom.